The predicted octanol–water partition coefficient (Wildman–Crippen LogP) is 2.20. The molecule has 0 spiro atoms. The van der Waals surface area contributed by atoms with E-state index in [9.17, 15) is 0 Å². The maximum Gasteiger partial charge on any atom is 0.193 e. The standard InChI is InChI=1S/C20H40N4O2/c1-17-7-5-10-24(16-17)18(2)15-22-20(21-3)23-11-8-19(9-12-23)26-14-6-13-25-4/h17-19H,5-16H2,1-4H3,(H,21,22). The van der Waals surface area contributed by atoms with Crippen molar-refractivity contribution in [3.63, 3.8) is 0 Å². The molecule has 0 amide bonds. The molecule has 1 N–H and O–H groups in total. The van der Waals surface area contributed by atoms with Crippen molar-refractivity contribution in [3.05, 3.63) is 0 Å². The lowest BCUT2D eigenvalue weighted by atomic mass is 9.99. The molecule has 0 aliphatic carbocycles. The van der Waals surface area contributed by atoms with Crippen LogP contribution in [0.3, 0.4) is 0 Å². The minimum absolute atomic E-state index is 0.384. The van der Waals surface area contributed by atoms with E-state index in [1.807, 2.05) is 7.05 Å². The number of guanidine groups is 1. The van der Waals surface area contributed by atoms with Crippen LogP contribution in [-0.2, 0) is 9.47 Å². The summed E-state index contributed by atoms with van der Waals surface area (Å²) in [6.07, 6.45) is 6.22. The molecule has 2 aliphatic rings. The molecule has 152 valence electrons. The highest BCUT2D eigenvalue weighted by Crippen LogP contribution is 2.18. The lowest BCUT2D eigenvalue weighted by molar-refractivity contribution is 0.00984. The Labute approximate surface area is 160 Å². The van der Waals surface area contributed by atoms with Crippen LogP contribution in [0.1, 0.15) is 46.0 Å². The normalized spacial score (nSPS) is 24.7. The first-order chi connectivity index (χ1) is 12.6. The summed E-state index contributed by atoms with van der Waals surface area (Å²) in [5.41, 5.74) is 0. The summed E-state index contributed by atoms with van der Waals surface area (Å²) in [6.45, 7) is 11.7. The number of nitrogens with zero attached hydrogens (tertiary/aromatic N) is 3. The topological polar surface area (TPSA) is 49.3 Å². The predicted molar refractivity (Wildman–Crippen MR) is 108 cm³/mol. The highest BCUT2D eigenvalue weighted by atomic mass is 16.5. The first-order valence-corrected chi connectivity index (χ1v) is 10.4. The first kappa shape index (κ1) is 21.5. The van der Waals surface area contributed by atoms with Gasteiger partial charge in [0.25, 0.3) is 0 Å². The molecule has 0 aromatic rings. The summed E-state index contributed by atoms with van der Waals surface area (Å²) >= 11 is 0. The van der Waals surface area contributed by atoms with Crippen LogP contribution >= 0.6 is 0 Å². The molecule has 2 rings (SSSR count). The largest absolute Gasteiger partial charge is 0.385 e. The SMILES string of the molecule is CN=C(NCC(C)N1CCCC(C)C1)N1CCC(OCCCOC)CC1. The van der Waals surface area contributed by atoms with Crippen molar-refractivity contribution in [3.8, 4) is 0 Å². The number of methoxy groups -OCH3 is 1. The van der Waals surface area contributed by atoms with E-state index >= 15 is 0 Å². The van der Waals surface area contributed by atoms with Gasteiger partial charge in [0.2, 0.25) is 0 Å². The summed E-state index contributed by atoms with van der Waals surface area (Å²) in [6, 6.07) is 0.552. The highest BCUT2D eigenvalue weighted by Gasteiger charge is 2.24. The Bertz CT molecular complexity index is 411. The number of nitrogens with one attached hydrogen (secondary N) is 1. The van der Waals surface area contributed by atoms with Crippen molar-refractivity contribution in [1.82, 2.24) is 15.1 Å². The Morgan fingerprint density at radius 2 is 1.96 bits per heavy atom. The van der Waals surface area contributed by atoms with Gasteiger partial charge in [-0.3, -0.25) is 9.89 Å². The third kappa shape index (κ3) is 7.05. The van der Waals surface area contributed by atoms with Gasteiger partial charge in [0, 0.05) is 59.6 Å². The van der Waals surface area contributed by atoms with Crippen LogP contribution in [0, 0.1) is 5.92 Å². The zero-order valence-corrected chi connectivity index (χ0v) is 17.4. The van der Waals surface area contributed by atoms with Gasteiger partial charge in [-0.25, -0.2) is 0 Å². The summed E-state index contributed by atoms with van der Waals surface area (Å²) in [5.74, 6) is 1.87. The quantitative estimate of drug-likeness (QED) is 0.404. The van der Waals surface area contributed by atoms with Gasteiger partial charge in [0.1, 0.15) is 0 Å². The van der Waals surface area contributed by atoms with E-state index in [4.69, 9.17) is 9.47 Å². The molecule has 26 heavy (non-hydrogen) atoms. The molecule has 0 saturated carbocycles. The molecule has 2 heterocycles. The average molecular weight is 369 g/mol. The molecule has 2 fully saturated rings. The van der Waals surface area contributed by atoms with Crippen molar-refractivity contribution in [2.45, 2.75) is 58.1 Å². The molecule has 6 nitrogen and oxygen atoms in total. The number of hydrogen-bond donors (Lipinski definition) is 1. The van der Waals surface area contributed by atoms with Crippen molar-refractivity contribution in [1.29, 1.82) is 0 Å². The molecule has 2 aliphatic heterocycles. The van der Waals surface area contributed by atoms with Crippen molar-refractivity contribution >= 4 is 5.96 Å². The van der Waals surface area contributed by atoms with Gasteiger partial charge < -0.3 is 19.7 Å². The second-order valence-electron chi connectivity index (χ2n) is 7.92. The molecule has 0 aromatic carbocycles. The molecule has 6 heteroatoms. The first-order valence-electron chi connectivity index (χ1n) is 10.4. The molecule has 0 radical (unpaired) electrons. The fourth-order valence-electron chi connectivity index (χ4n) is 4.01. The van der Waals surface area contributed by atoms with Crippen LogP contribution in [0.4, 0.5) is 0 Å². The fraction of sp³-hybridized carbons (Fsp3) is 0.950. The average Bonchev–Trinajstić information content (AvgIpc) is 2.66. The van der Waals surface area contributed by atoms with Gasteiger partial charge in [0.15, 0.2) is 5.96 Å². The molecular formula is C20H40N4O2. The van der Waals surface area contributed by atoms with E-state index in [-0.39, 0.29) is 0 Å². The van der Waals surface area contributed by atoms with E-state index in [0.29, 0.717) is 12.1 Å². The monoisotopic (exact) mass is 368 g/mol. The molecule has 0 bridgehead atoms. The molecule has 2 atom stereocenters. The van der Waals surface area contributed by atoms with Crippen LogP contribution < -0.4 is 5.32 Å². The smallest absolute Gasteiger partial charge is 0.193 e. The fourth-order valence-corrected chi connectivity index (χ4v) is 4.01. The lowest BCUT2D eigenvalue weighted by Gasteiger charge is -2.37. The van der Waals surface area contributed by atoms with Gasteiger partial charge in [0.05, 0.1) is 6.10 Å². The Hall–Kier alpha value is -0.850. The Morgan fingerprint density at radius 1 is 1.19 bits per heavy atom. The van der Waals surface area contributed by atoms with Crippen LogP contribution in [0.5, 0.6) is 0 Å². The second-order valence-corrected chi connectivity index (χ2v) is 7.92. The van der Waals surface area contributed by atoms with Crippen molar-refractivity contribution in [2.75, 3.05) is 60.1 Å². The van der Waals surface area contributed by atoms with E-state index in [1.54, 1.807) is 7.11 Å². The van der Waals surface area contributed by atoms with Gasteiger partial charge >= 0.3 is 0 Å². The molecule has 2 unspecified atom stereocenters. The second kappa shape index (κ2) is 11.8. The maximum absolute atomic E-state index is 5.96. The number of piperidine rings is 2. The summed E-state index contributed by atoms with van der Waals surface area (Å²) in [7, 11) is 3.63. The zero-order valence-electron chi connectivity index (χ0n) is 17.4. The molecular weight excluding hydrogens is 328 g/mol. The zero-order chi connectivity index (χ0) is 18.8. The van der Waals surface area contributed by atoms with E-state index in [0.717, 1.165) is 64.0 Å². The Kier molecular flexibility index (Phi) is 9.72. The number of rotatable bonds is 8. The highest BCUT2D eigenvalue weighted by molar-refractivity contribution is 5.80. The van der Waals surface area contributed by atoms with Gasteiger partial charge in [-0.15, -0.1) is 0 Å². The van der Waals surface area contributed by atoms with Crippen LogP contribution in [0.15, 0.2) is 4.99 Å². The third-order valence-electron chi connectivity index (χ3n) is 5.67. The van der Waals surface area contributed by atoms with Crippen molar-refractivity contribution in [2.24, 2.45) is 10.9 Å². The number of ether oxygens (including phenoxy) is 2. The van der Waals surface area contributed by atoms with Gasteiger partial charge in [-0.1, -0.05) is 6.92 Å². The van der Waals surface area contributed by atoms with E-state index in [1.165, 1.54) is 25.9 Å². The van der Waals surface area contributed by atoms with E-state index in [2.05, 4.69) is 34.0 Å². The summed E-state index contributed by atoms with van der Waals surface area (Å²) in [5, 5.41) is 3.60. The van der Waals surface area contributed by atoms with Crippen LogP contribution in [-0.4, -0.2) is 88.0 Å². The molecule has 0 aromatic heterocycles. The minimum Gasteiger partial charge on any atom is -0.385 e. The Morgan fingerprint density at radius 3 is 2.62 bits per heavy atom. The van der Waals surface area contributed by atoms with E-state index < -0.39 is 0 Å². The van der Waals surface area contributed by atoms with Crippen LogP contribution in [0.25, 0.3) is 0 Å². The Balaban J connectivity index is 1.67. The lowest BCUT2D eigenvalue weighted by Crippen LogP contribution is -2.51. The third-order valence-corrected chi connectivity index (χ3v) is 5.67. The van der Waals surface area contributed by atoms with Gasteiger partial charge in [-0.2, -0.15) is 0 Å². The molecule has 2 saturated heterocycles. The summed E-state index contributed by atoms with van der Waals surface area (Å²) in [4.78, 5) is 9.51. The summed E-state index contributed by atoms with van der Waals surface area (Å²) < 4.78 is 11.0. The van der Waals surface area contributed by atoms with Crippen LogP contribution in [0.2, 0.25) is 0 Å². The number of likely N-dealkylation sites (tertiary alicyclic amines) is 2. The van der Waals surface area contributed by atoms with Crippen molar-refractivity contribution < 1.29 is 9.47 Å². The minimum atomic E-state index is 0.384. The van der Waals surface area contributed by atoms with Gasteiger partial charge in [-0.05, 0) is 51.5 Å². The maximum atomic E-state index is 5.96. The number of aliphatic imine (C=N–C) groups is 1. The number of hydrogen-bond acceptors (Lipinski definition) is 4.